The van der Waals surface area contributed by atoms with E-state index in [0.717, 1.165) is 5.56 Å². The summed E-state index contributed by atoms with van der Waals surface area (Å²) < 4.78 is 33.6. The molecule has 0 bridgehead atoms. The summed E-state index contributed by atoms with van der Waals surface area (Å²) in [4.78, 5) is 16.4. The molecule has 0 saturated heterocycles. The van der Waals surface area contributed by atoms with E-state index in [0.29, 0.717) is 28.4 Å². The maximum absolute atomic E-state index is 12.7. The van der Waals surface area contributed by atoms with Gasteiger partial charge in [0.1, 0.15) is 5.75 Å². The van der Waals surface area contributed by atoms with Crippen LogP contribution in [0.2, 0.25) is 0 Å². The van der Waals surface area contributed by atoms with E-state index in [2.05, 4.69) is 15.0 Å². The second kappa shape index (κ2) is 9.18. The number of ether oxygens (including phenoxy) is 1. The Bertz CT molecular complexity index is 1170. The van der Waals surface area contributed by atoms with E-state index < -0.39 is 10.0 Å². The maximum atomic E-state index is 12.7. The zero-order valence-corrected chi connectivity index (χ0v) is 18.7. The number of nitrogens with one attached hydrogen (secondary N) is 2. The van der Waals surface area contributed by atoms with Crippen LogP contribution in [0.5, 0.6) is 11.6 Å². The molecule has 3 aromatic rings. The van der Waals surface area contributed by atoms with Gasteiger partial charge in [0.15, 0.2) is 0 Å². The van der Waals surface area contributed by atoms with E-state index in [1.807, 2.05) is 26.8 Å². The molecule has 0 aliphatic rings. The van der Waals surface area contributed by atoms with Crippen LogP contribution in [0.1, 0.15) is 35.3 Å². The third-order valence-corrected chi connectivity index (χ3v) is 5.90. The van der Waals surface area contributed by atoms with Crippen LogP contribution in [0.4, 0.5) is 5.69 Å². The molecule has 1 amide bonds. The number of sulfonamides is 1. The predicted molar refractivity (Wildman–Crippen MR) is 120 cm³/mol. The Morgan fingerprint density at radius 3 is 2.32 bits per heavy atom. The van der Waals surface area contributed by atoms with Crippen LogP contribution in [0.15, 0.2) is 65.7 Å². The zero-order valence-electron chi connectivity index (χ0n) is 17.8. The summed E-state index contributed by atoms with van der Waals surface area (Å²) >= 11 is 0. The number of hydrogen-bond donors (Lipinski definition) is 2. The van der Waals surface area contributed by atoms with E-state index in [-0.39, 0.29) is 16.8 Å². The molecule has 2 N–H and O–H groups in total. The first-order valence-electron chi connectivity index (χ1n) is 9.79. The molecule has 8 heteroatoms. The van der Waals surface area contributed by atoms with Gasteiger partial charge in [-0.3, -0.25) is 9.52 Å². The number of hydrogen-bond acceptors (Lipinski definition) is 5. The standard InChI is InChI=1S/C23H25N3O4S/c1-15(2)25-23(27)18-7-10-20(11-8-18)30-22-12-9-19(14-24-22)26-31(28,29)21-13-16(3)5-6-17(21)4/h5-15,26H,1-4H3,(H,25,27). The molecule has 1 aromatic heterocycles. The van der Waals surface area contributed by atoms with Gasteiger partial charge >= 0.3 is 0 Å². The Labute approximate surface area is 182 Å². The molecule has 0 fully saturated rings. The lowest BCUT2D eigenvalue weighted by Crippen LogP contribution is -2.29. The topological polar surface area (TPSA) is 97.4 Å². The number of pyridine rings is 1. The molecule has 0 atom stereocenters. The Hall–Kier alpha value is -3.39. The number of aryl methyl sites for hydroxylation is 2. The van der Waals surface area contributed by atoms with Crippen LogP contribution < -0.4 is 14.8 Å². The largest absolute Gasteiger partial charge is 0.439 e. The molecule has 0 aliphatic heterocycles. The molecule has 0 unspecified atom stereocenters. The highest BCUT2D eigenvalue weighted by atomic mass is 32.2. The fourth-order valence-electron chi connectivity index (χ4n) is 2.85. The van der Waals surface area contributed by atoms with Gasteiger partial charge < -0.3 is 10.1 Å². The lowest BCUT2D eigenvalue weighted by molar-refractivity contribution is 0.0943. The van der Waals surface area contributed by atoms with Crippen molar-refractivity contribution in [3.8, 4) is 11.6 Å². The number of carbonyl (C=O) groups excluding carboxylic acids is 1. The number of aromatic nitrogens is 1. The van der Waals surface area contributed by atoms with Crippen molar-refractivity contribution in [2.24, 2.45) is 0 Å². The normalized spacial score (nSPS) is 11.3. The van der Waals surface area contributed by atoms with Crippen LogP contribution in [-0.4, -0.2) is 25.4 Å². The van der Waals surface area contributed by atoms with Crippen molar-refractivity contribution in [2.45, 2.75) is 38.6 Å². The smallest absolute Gasteiger partial charge is 0.262 e. The van der Waals surface area contributed by atoms with Crippen LogP contribution in [0.3, 0.4) is 0 Å². The predicted octanol–water partition coefficient (Wildman–Crippen LogP) is 4.43. The van der Waals surface area contributed by atoms with E-state index >= 15 is 0 Å². The Kier molecular flexibility index (Phi) is 6.60. The molecule has 0 spiro atoms. The SMILES string of the molecule is Cc1ccc(C)c(S(=O)(=O)Nc2ccc(Oc3ccc(C(=O)NC(C)C)cc3)nc2)c1. The Balaban J connectivity index is 1.68. The van der Waals surface area contributed by atoms with Crippen molar-refractivity contribution in [1.82, 2.24) is 10.3 Å². The number of nitrogens with zero attached hydrogens (tertiary/aromatic N) is 1. The fourth-order valence-corrected chi connectivity index (χ4v) is 4.22. The van der Waals surface area contributed by atoms with E-state index in [1.54, 1.807) is 55.5 Å². The summed E-state index contributed by atoms with van der Waals surface area (Å²) in [7, 11) is -3.73. The first-order chi connectivity index (χ1) is 14.6. The molecule has 1 heterocycles. The van der Waals surface area contributed by atoms with Gasteiger partial charge in [0.2, 0.25) is 5.88 Å². The molecule has 31 heavy (non-hydrogen) atoms. The van der Waals surface area contributed by atoms with E-state index in [1.165, 1.54) is 6.20 Å². The second-order valence-corrected chi connectivity index (χ2v) is 9.16. The van der Waals surface area contributed by atoms with Gasteiger partial charge in [-0.1, -0.05) is 12.1 Å². The monoisotopic (exact) mass is 439 g/mol. The van der Waals surface area contributed by atoms with Gasteiger partial charge in [-0.2, -0.15) is 0 Å². The van der Waals surface area contributed by atoms with Gasteiger partial charge in [0, 0.05) is 17.7 Å². The zero-order chi connectivity index (χ0) is 22.6. The number of carbonyl (C=O) groups is 1. The highest BCUT2D eigenvalue weighted by Crippen LogP contribution is 2.23. The summed E-state index contributed by atoms with van der Waals surface area (Å²) in [5, 5.41) is 2.82. The molecule has 0 saturated carbocycles. The summed E-state index contributed by atoms with van der Waals surface area (Å²) in [6.07, 6.45) is 1.39. The van der Waals surface area contributed by atoms with Crippen molar-refractivity contribution >= 4 is 21.6 Å². The van der Waals surface area contributed by atoms with Gasteiger partial charge in [-0.25, -0.2) is 13.4 Å². The molecule has 0 radical (unpaired) electrons. The quantitative estimate of drug-likeness (QED) is 0.568. The van der Waals surface area contributed by atoms with Crippen molar-refractivity contribution < 1.29 is 17.9 Å². The third kappa shape index (κ3) is 5.82. The maximum Gasteiger partial charge on any atom is 0.262 e. The number of anilines is 1. The fraction of sp³-hybridized carbons (Fsp3) is 0.217. The minimum absolute atomic E-state index is 0.0541. The Morgan fingerprint density at radius 2 is 1.71 bits per heavy atom. The third-order valence-electron chi connectivity index (χ3n) is 4.38. The highest BCUT2D eigenvalue weighted by Gasteiger charge is 2.17. The summed E-state index contributed by atoms with van der Waals surface area (Å²) in [6, 6.07) is 15.2. The first-order valence-corrected chi connectivity index (χ1v) is 11.3. The number of amides is 1. The van der Waals surface area contributed by atoms with Gasteiger partial charge in [0.25, 0.3) is 15.9 Å². The summed E-state index contributed by atoms with van der Waals surface area (Å²) in [5.41, 5.74) is 2.39. The minimum Gasteiger partial charge on any atom is -0.439 e. The van der Waals surface area contributed by atoms with Crippen molar-refractivity contribution in [1.29, 1.82) is 0 Å². The van der Waals surface area contributed by atoms with Crippen LogP contribution in [0.25, 0.3) is 0 Å². The molecule has 0 aliphatic carbocycles. The lowest BCUT2D eigenvalue weighted by Gasteiger charge is -2.12. The Morgan fingerprint density at radius 1 is 1.00 bits per heavy atom. The minimum atomic E-state index is -3.73. The first kappa shape index (κ1) is 22.3. The second-order valence-electron chi connectivity index (χ2n) is 7.51. The molecule has 3 rings (SSSR count). The summed E-state index contributed by atoms with van der Waals surface area (Å²) in [6.45, 7) is 7.38. The molecule has 2 aromatic carbocycles. The molecular formula is C23H25N3O4S. The van der Waals surface area contributed by atoms with Crippen LogP contribution in [-0.2, 0) is 10.0 Å². The number of rotatable bonds is 7. The van der Waals surface area contributed by atoms with E-state index in [4.69, 9.17) is 4.74 Å². The van der Waals surface area contributed by atoms with Crippen molar-refractivity contribution in [3.05, 3.63) is 77.5 Å². The average molecular weight is 440 g/mol. The molecule has 162 valence electrons. The van der Waals surface area contributed by atoms with E-state index in [9.17, 15) is 13.2 Å². The average Bonchev–Trinajstić information content (AvgIpc) is 2.71. The lowest BCUT2D eigenvalue weighted by atomic mass is 10.2. The number of benzene rings is 2. The summed E-state index contributed by atoms with van der Waals surface area (Å²) in [5.74, 6) is 0.659. The van der Waals surface area contributed by atoms with Crippen LogP contribution >= 0.6 is 0 Å². The van der Waals surface area contributed by atoms with Crippen molar-refractivity contribution in [3.63, 3.8) is 0 Å². The highest BCUT2D eigenvalue weighted by molar-refractivity contribution is 7.92. The van der Waals surface area contributed by atoms with Gasteiger partial charge in [-0.15, -0.1) is 0 Å². The van der Waals surface area contributed by atoms with Crippen LogP contribution in [0, 0.1) is 13.8 Å². The van der Waals surface area contributed by atoms with Crippen molar-refractivity contribution in [2.75, 3.05) is 4.72 Å². The molecule has 7 nitrogen and oxygen atoms in total. The molecular weight excluding hydrogens is 414 g/mol. The van der Waals surface area contributed by atoms with Gasteiger partial charge in [-0.05, 0) is 75.2 Å². The van der Waals surface area contributed by atoms with Gasteiger partial charge in [0.05, 0.1) is 16.8 Å².